The molecule has 4 aromatic rings. The largest absolute Gasteiger partial charge is 0.294 e. The second-order valence-electron chi connectivity index (χ2n) is 7.09. The summed E-state index contributed by atoms with van der Waals surface area (Å²) < 4.78 is 1.46. The molecule has 1 amide bonds. The number of nitrogens with one attached hydrogen (secondary N) is 2. The summed E-state index contributed by atoms with van der Waals surface area (Å²) in [5.74, 6) is 2.20. The monoisotopic (exact) mass is 448 g/mol. The van der Waals surface area contributed by atoms with Crippen LogP contribution in [0.3, 0.4) is 0 Å². The number of amides is 1. The van der Waals surface area contributed by atoms with E-state index in [1.807, 2.05) is 18.2 Å². The maximum atomic E-state index is 12.9. The van der Waals surface area contributed by atoms with Gasteiger partial charge in [0.1, 0.15) is 5.53 Å². The normalized spacial score (nSPS) is 10.1. The number of anilines is 1. The Morgan fingerprint density at radius 2 is 1.82 bits per heavy atom. The molecule has 2 N–H and O–H groups in total. The van der Waals surface area contributed by atoms with E-state index in [0.29, 0.717) is 28.1 Å². The highest BCUT2D eigenvalue weighted by Gasteiger charge is 2.19. The van der Waals surface area contributed by atoms with Gasteiger partial charge in [-0.1, -0.05) is 48.4 Å². The molecule has 0 spiro atoms. The van der Waals surface area contributed by atoms with E-state index in [-0.39, 0.29) is 24.0 Å². The van der Waals surface area contributed by atoms with Gasteiger partial charge in [-0.25, -0.2) is 0 Å². The molecule has 1 aromatic heterocycles. The number of nitrogens with zero attached hydrogens (tertiary/aromatic N) is 5. The summed E-state index contributed by atoms with van der Waals surface area (Å²) in [4.78, 5) is 33.2. The number of hydrogen-bond donors (Lipinski definition) is 2. The number of carbonyl (C=O) groups is 2. The molecular formula is C25H18N7O2+. The Morgan fingerprint density at radius 3 is 2.59 bits per heavy atom. The van der Waals surface area contributed by atoms with Crippen molar-refractivity contribution >= 4 is 23.3 Å². The molecule has 0 aliphatic rings. The molecule has 9 nitrogen and oxygen atoms in total. The SMILES string of the molecule is C#Cc1ccccc1C(=O)Cc1nc(NC(=O)c2cccc(N=[N+]=N)c2)n(-c2ccccc2)n1. The number of Topliss-reactive ketones (excluding diaryl/α,β-unsaturated/α-hetero) is 1. The smallest absolute Gasteiger partial charge is 0.258 e. The van der Waals surface area contributed by atoms with Gasteiger partial charge >= 0.3 is 0 Å². The van der Waals surface area contributed by atoms with Gasteiger partial charge in [-0.05, 0) is 36.4 Å². The second-order valence-corrected chi connectivity index (χ2v) is 7.09. The summed E-state index contributed by atoms with van der Waals surface area (Å²) in [6.45, 7) is 0. The topological polar surface area (TPSA) is 127 Å². The van der Waals surface area contributed by atoms with Crippen molar-refractivity contribution < 1.29 is 9.59 Å². The fourth-order valence-corrected chi connectivity index (χ4v) is 3.29. The van der Waals surface area contributed by atoms with Gasteiger partial charge in [-0.2, -0.15) is 9.67 Å². The van der Waals surface area contributed by atoms with Gasteiger partial charge in [0, 0.05) is 16.7 Å². The molecule has 0 aliphatic heterocycles. The first-order valence-corrected chi connectivity index (χ1v) is 10.2. The molecule has 1 heterocycles. The van der Waals surface area contributed by atoms with Gasteiger partial charge in [-0.3, -0.25) is 14.9 Å². The first kappa shape index (κ1) is 22.0. The van der Waals surface area contributed by atoms with Gasteiger partial charge in [0.2, 0.25) is 10.9 Å². The summed E-state index contributed by atoms with van der Waals surface area (Å²) >= 11 is 0. The third-order valence-electron chi connectivity index (χ3n) is 4.85. The number of hydrogen-bond acceptors (Lipinski definition) is 6. The summed E-state index contributed by atoms with van der Waals surface area (Å²) in [7, 11) is 0. The summed E-state index contributed by atoms with van der Waals surface area (Å²) in [5.41, 5.74) is 9.09. The van der Waals surface area contributed by atoms with Gasteiger partial charge in [0.25, 0.3) is 5.91 Å². The van der Waals surface area contributed by atoms with Crippen LogP contribution in [0.2, 0.25) is 0 Å². The highest BCUT2D eigenvalue weighted by Crippen LogP contribution is 2.19. The van der Waals surface area contributed by atoms with Gasteiger partial charge in [0.05, 0.1) is 12.1 Å². The van der Waals surface area contributed by atoms with Crippen molar-refractivity contribution in [3.63, 3.8) is 0 Å². The zero-order valence-corrected chi connectivity index (χ0v) is 17.8. The number of aromatic nitrogens is 3. The Labute approximate surface area is 194 Å². The Bertz CT molecular complexity index is 1460. The molecule has 164 valence electrons. The molecule has 0 unspecified atom stereocenters. The van der Waals surface area contributed by atoms with Crippen LogP contribution in [-0.2, 0) is 6.42 Å². The van der Waals surface area contributed by atoms with Crippen molar-refractivity contribution in [3.05, 3.63) is 101 Å². The standard InChI is InChI=1S/C25H17N7O2/c1-2-17-9-6-7-14-21(17)22(33)16-23-27-25(32(30-23)20-12-4-3-5-13-20)28-24(34)18-10-8-11-19(15-18)29-31-26/h1,3-15,26H,16H2/p+1. The van der Waals surface area contributed by atoms with Crippen molar-refractivity contribution in [1.29, 1.82) is 5.53 Å². The molecule has 0 saturated heterocycles. The lowest BCUT2D eigenvalue weighted by molar-refractivity contribution is 0.0989. The van der Waals surface area contributed by atoms with Gasteiger partial charge < -0.3 is 0 Å². The third-order valence-corrected chi connectivity index (χ3v) is 4.85. The van der Waals surface area contributed by atoms with E-state index in [1.54, 1.807) is 54.6 Å². The van der Waals surface area contributed by atoms with E-state index in [2.05, 4.69) is 31.3 Å². The highest BCUT2D eigenvalue weighted by molar-refractivity contribution is 6.04. The average molecular weight is 448 g/mol. The number of terminal acetylenes is 1. The first-order valence-electron chi connectivity index (χ1n) is 10.2. The van der Waals surface area contributed by atoms with Gasteiger partial charge in [-0.15, -0.1) is 11.5 Å². The lowest BCUT2D eigenvalue weighted by Crippen LogP contribution is -2.15. The molecule has 0 saturated carbocycles. The predicted octanol–water partition coefficient (Wildman–Crippen LogP) is 4.11. The fourth-order valence-electron chi connectivity index (χ4n) is 3.29. The Kier molecular flexibility index (Phi) is 6.45. The van der Waals surface area contributed by atoms with Crippen LogP contribution in [0.5, 0.6) is 0 Å². The molecule has 0 radical (unpaired) electrons. The number of rotatable bonds is 7. The summed E-state index contributed by atoms with van der Waals surface area (Å²) in [6.07, 6.45) is 5.42. The Morgan fingerprint density at radius 1 is 1.06 bits per heavy atom. The molecule has 9 heteroatoms. The molecule has 3 aromatic carbocycles. The highest BCUT2D eigenvalue weighted by atomic mass is 16.2. The van der Waals surface area contributed by atoms with Crippen molar-refractivity contribution in [2.45, 2.75) is 6.42 Å². The third kappa shape index (κ3) is 4.83. The maximum absolute atomic E-state index is 12.9. The lowest BCUT2D eigenvalue weighted by atomic mass is 10.0. The van der Waals surface area contributed by atoms with Crippen LogP contribution in [0.1, 0.15) is 32.1 Å². The molecule has 0 atom stereocenters. The van der Waals surface area contributed by atoms with Crippen LogP contribution in [0.15, 0.2) is 84.0 Å². The minimum Gasteiger partial charge on any atom is -0.294 e. The van der Waals surface area contributed by atoms with E-state index in [0.717, 1.165) is 0 Å². The zero-order valence-electron chi connectivity index (χ0n) is 17.8. The predicted molar refractivity (Wildman–Crippen MR) is 125 cm³/mol. The average Bonchev–Trinajstić information content (AvgIpc) is 3.26. The van der Waals surface area contributed by atoms with Crippen LogP contribution in [-0.4, -0.2) is 26.5 Å². The zero-order chi connectivity index (χ0) is 23.9. The molecule has 0 fully saturated rings. The second kappa shape index (κ2) is 9.96. The molecule has 34 heavy (non-hydrogen) atoms. The van der Waals surface area contributed by atoms with E-state index >= 15 is 0 Å². The minimum absolute atomic E-state index is 0.0965. The molecule has 0 bridgehead atoms. The van der Waals surface area contributed by atoms with Crippen LogP contribution in [0.4, 0.5) is 11.6 Å². The summed E-state index contributed by atoms with van der Waals surface area (Å²) in [6, 6.07) is 22.3. The van der Waals surface area contributed by atoms with Crippen molar-refractivity contribution in [2.24, 2.45) is 5.11 Å². The Hall–Kier alpha value is -5.19. The maximum Gasteiger partial charge on any atom is 0.258 e. The summed E-state index contributed by atoms with van der Waals surface area (Å²) in [5, 5.41) is 10.8. The number of para-hydroxylation sites is 1. The van der Waals surface area contributed by atoms with E-state index < -0.39 is 5.91 Å². The molecule has 0 aliphatic carbocycles. The minimum atomic E-state index is -0.456. The Balaban J connectivity index is 1.66. The van der Waals surface area contributed by atoms with Crippen molar-refractivity contribution in [3.8, 4) is 18.0 Å². The lowest BCUT2D eigenvalue weighted by Gasteiger charge is -2.07. The van der Waals surface area contributed by atoms with Crippen LogP contribution < -0.4 is 10.2 Å². The number of carbonyl (C=O) groups excluding carboxylic acids is 2. The van der Waals surface area contributed by atoms with Crippen LogP contribution in [0.25, 0.3) is 5.69 Å². The van der Waals surface area contributed by atoms with Crippen LogP contribution >= 0.6 is 0 Å². The fraction of sp³-hybridized carbons (Fsp3) is 0.0400. The van der Waals surface area contributed by atoms with Crippen molar-refractivity contribution in [2.75, 3.05) is 5.32 Å². The quantitative estimate of drug-likeness (QED) is 0.191. The van der Waals surface area contributed by atoms with Crippen LogP contribution in [0, 0.1) is 17.9 Å². The molecular weight excluding hydrogens is 430 g/mol. The number of ketones is 1. The van der Waals surface area contributed by atoms with Crippen molar-refractivity contribution in [1.82, 2.24) is 19.7 Å². The van der Waals surface area contributed by atoms with E-state index in [4.69, 9.17) is 12.0 Å². The van der Waals surface area contributed by atoms with Gasteiger partial charge in [0.15, 0.2) is 22.4 Å². The molecule has 4 rings (SSSR count). The van der Waals surface area contributed by atoms with E-state index in [1.165, 1.54) is 10.7 Å². The van der Waals surface area contributed by atoms with E-state index in [9.17, 15) is 9.59 Å². The number of benzene rings is 3. The first-order chi connectivity index (χ1) is 16.6.